The number of rotatable bonds is 4. The highest BCUT2D eigenvalue weighted by Gasteiger charge is 2.34. The fourth-order valence-electron chi connectivity index (χ4n) is 5.41. The van der Waals surface area contributed by atoms with Crippen LogP contribution < -0.4 is 10.6 Å². The van der Waals surface area contributed by atoms with Gasteiger partial charge in [-0.15, -0.1) is 11.8 Å². The number of aromatic nitrogens is 2. The van der Waals surface area contributed by atoms with Gasteiger partial charge in [-0.1, -0.05) is 30.3 Å². The first kappa shape index (κ1) is 25.8. The number of benzene rings is 2. The Bertz CT molecular complexity index is 1430. The van der Waals surface area contributed by atoms with Gasteiger partial charge < -0.3 is 14.5 Å². The predicted octanol–water partition coefficient (Wildman–Crippen LogP) is 4.59. The van der Waals surface area contributed by atoms with Crippen molar-refractivity contribution in [2.75, 3.05) is 30.9 Å². The van der Waals surface area contributed by atoms with Crippen LogP contribution in [0.25, 0.3) is 22.0 Å². The van der Waals surface area contributed by atoms with Crippen LogP contribution in [0.1, 0.15) is 13.8 Å². The van der Waals surface area contributed by atoms with E-state index in [0.29, 0.717) is 36.2 Å². The van der Waals surface area contributed by atoms with Crippen LogP contribution in [0.3, 0.4) is 0 Å². The van der Waals surface area contributed by atoms with Crippen molar-refractivity contribution in [3.05, 3.63) is 64.3 Å². The van der Waals surface area contributed by atoms with Crippen LogP contribution >= 0.6 is 23.4 Å². The van der Waals surface area contributed by atoms with Gasteiger partial charge >= 0.3 is 5.69 Å². The molecule has 7 nitrogen and oxygen atoms in total. The van der Waals surface area contributed by atoms with E-state index in [9.17, 15) is 14.0 Å². The Morgan fingerprint density at radius 1 is 1.22 bits per heavy atom. The molecular formula is C27H28ClFN4O3S. The highest BCUT2D eigenvalue weighted by atomic mass is 35.5. The van der Waals surface area contributed by atoms with Crippen LogP contribution in [0.5, 0.6) is 0 Å². The molecule has 0 N–H and O–H groups in total. The van der Waals surface area contributed by atoms with Crippen molar-refractivity contribution in [3.8, 4) is 11.1 Å². The smallest absolute Gasteiger partial charge is 0.350 e. The summed E-state index contributed by atoms with van der Waals surface area (Å²) in [6, 6.07) is 7.83. The van der Waals surface area contributed by atoms with E-state index in [1.807, 2.05) is 24.8 Å². The molecule has 0 bridgehead atoms. The summed E-state index contributed by atoms with van der Waals surface area (Å²) in [5.74, 6) is 0.716. The maximum Gasteiger partial charge on any atom is 0.350 e. The van der Waals surface area contributed by atoms with Gasteiger partial charge in [-0.2, -0.15) is 4.98 Å². The van der Waals surface area contributed by atoms with Crippen molar-refractivity contribution < 1.29 is 13.9 Å². The van der Waals surface area contributed by atoms with E-state index in [-0.39, 0.29) is 35.6 Å². The van der Waals surface area contributed by atoms with Gasteiger partial charge in [0.25, 0.3) is 0 Å². The third kappa shape index (κ3) is 4.53. The molecule has 3 heterocycles. The molecular weight excluding hydrogens is 515 g/mol. The molecule has 0 unspecified atom stereocenters. The van der Waals surface area contributed by atoms with Crippen molar-refractivity contribution in [2.24, 2.45) is 0 Å². The predicted molar refractivity (Wildman–Crippen MR) is 146 cm³/mol. The third-order valence-electron chi connectivity index (χ3n) is 7.06. The minimum atomic E-state index is -0.370. The summed E-state index contributed by atoms with van der Waals surface area (Å²) >= 11 is 8.49. The molecule has 2 aromatic carbocycles. The Morgan fingerprint density at radius 3 is 2.51 bits per heavy atom. The van der Waals surface area contributed by atoms with Gasteiger partial charge in [-0.3, -0.25) is 9.36 Å². The highest BCUT2D eigenvalue weighted by Crippen LogP contribution is 2.45. The molecule has 0 saturated carbocycles. The third-order valence-corrected chi connectivity index (χ3v) is 8.59. The van der Waals surface area contributed by atoms with Crippen molar-refractivity contribution >= 4 is 46.0 Å². The van der Waals surface area contributed by atoms with Gasteiger partial charge in [0.15, 0.2) is 0 Å². The van der Waals surface area contributed by atoms with Crippen LogP contribution in [0, 0.1) is 5.82 Å². The number of methoxy groups -OCH3 is 1. The minimum absolute atomic E-state index is 0.107. The number of nitrogens with zero attached hydrogens (tertiary/aromatic N) is 4. The quantitative estimate of drug-likeness (QED) is 0.449. The first-order chi connectivity index (χ1) is 17.7. The molecule has 3 aromatic rings. The zero-order valence-electron chi connectivity index (χ0n) is 20.9. The van der Waals surface area contributed by atoms with Crippen molar-refractivity contribution in [3.63, 3.8) is 0 Å². The summed E-state index contributed by atoms with van der Waals surface area (Å²) in [6.45, 7) is 8.96. The summed E-state index contributed by atoms with van der Waals surface area (Å²) in [5, 5.41) is 1.25. The number of carbonyl (C=O) groups excluding carboxylic acids is 1. The Hall–Kier alpha value is -2.88. The Balaban J connectivity index is 1.73. The van der Waals surface area contributed by atoms with E-state index in [2.05, 4.69) is 16.5 Å². The number of anilines is 1. The molecule has 0 radical (unpaired) electrons. The molecule has 1 saturated heterocycles. The summed E-state index contributed by atoms with van der Waals surface area (Å²) in [5.41, 5.74) is 1.89. The second kappa shape index (κ2) is 10.1. The van der Waals surface area contributed by atoms with E-state index >= 15 is 0 Å². The molecule has 1 fully saturated rings. The van der Waals surface area contributed by atoms with Crippen molar-refractivity contribution in [1.29, 1.82) is 0 Å². The zero-order valence-corrected chi connectivity index (χ0v) is 22.5. The average molecular weight is 543 g/mol. The number of halogens is 2. The normalized spacial score (nSPS) is 21.7. The molecule has 1 aromatic heterocycles. The van der Waals surface area contributed by atoms with Crippen molar-refractivity contribution in [2.45, 2.75) is 43.5 Å². The highest BCUT2D eigenvalue weighted by molar-refractivity contribution is 7.99. The fraction of sp³-hybridized carbons (Fsp3) is 0.370. The van der Waals surface area contributed by atoms with Gasteiger partial charge in [0, 0.05) is 53.9 Å². The maximum atomic E-state index is 13.7. The van der Waals surface area contributed by atoms with Crippen LogP contribution in [-0.4, -0.2) is 64.5 Å². The fourth-order valence-corrected chi connectivity index (χ4v) is 7.10. The van der Waals surface area contributed by atoms with E-state index in [1.165, 1.54) is 18.2 Å². The molecule has 37 heavy (non-hydrogen) atoms. The van der Waals surface area contributed by atoms with Crippen LogP contribution in [0.4, 0.5) is 10.2 Å². The Labute approximate surface area is 223 Å². The second-order valence-electron chi connectivity index (χ2n) is 9.52. The minimum Gasteiger partial charge on any atom is -0.379 e. The Morgan fingerprint density at radius 2 is 1.89 bits per heavy atom. The molecule has 194 valence electrons. The van der Waals surface area contributed by atoms with Gasteiger partial charge in [0.1, 0.15) is 11.6 Å². The lowest BCUT2D eigenvalue weighted by Crippen LogP contribution is -2.58. The molecule has 0 aliphatic carbocycles. The lowest BCUT2D eigenvalue weighted by molar-refractivity contribution is -0.130. The number of carbonyl (C=O) groups is 1. The molecule has 10 heteroatoms. The summed E-state index contributed by atoms with van der Waals surface area (Å²) in [6.07, 6.45) is 1.14. The van der Waals surface area contributed by atoms with Gasteiger partial charge in [0.05, 0.1) is 23.2 Å². The lowest BCUT2D eigenvalue weighted by Gasteiger charge is -2.44. The molecule has 2 aliphatic rings. The monoisotopic (exact) mass is 542 g/mol. The average Bonchev–Trinajstić information content (AvgIpc) is 3.07. The zero-order chi connectivity index (χ0) is 26.4. The summed E-state index contributed by atoms with van der Waals surface area (Å²) < 4.78 is 21.0. The van der Waals surface area contributed by atoms with Gasteiger partial charge in [-0.05, 0) is 43.7 Å². The largest absolute Gasteiger partial charge is 0.379 e. The number of ether oxygens (including phenoxy) is 1. The van der Waals surface area contributed by atoms with Gasteiger partial charge in [-0.25, -0.2) is 9.18 Å². The number of hydrogen-bond acceptors (Lipinski definition) is 6. The molecule has 3 atom stereocenters. The molecule has 5 rings (SSSR count). The number of thioether (sulfide) groups is 1. The molecule has 1 amide bonds. The lowest BCUT2D eigenvalue weighted by atomic mass is 10.0. The van der Waals surface area contributed by atoms with Gasteiger partial charge in [0.2, 0.25) is 5.91 Å². The van der Waals surface area contributed by atoms with E-state index < -0.39 is 0 Å². The Kier molecular flexibility index (Phi) is 7.04. The first-order valence-electron chi connectivity index (χ1n) is 12.1. The first-order valence-corrected chi connectivity index (χ1v) is 13.5. The van der Waals surface area contributed by atoms with E-state index in [1.54, 1.807) is 35.6 Å². The summed E-state index contributed by atoms with van der Waals surface area (Å²) in [7, 11) is 1.63. The van der Waals surface area contributed by atoms with Crippen LogP contribution in [0.15, 0.2) is 52.7 Å². The number of amides is 1. The SMILES string of the molecule is C=CC(=O)N1[C@H](C)CN(c2nc(=O)n3c4c(c(-c5ccc(F)cc5)c(Cl)cc24)SC[C@@H](OC)C3)C[C@@H]1C. The number of piperazine rings is 1. The summed E-state index contributed by atoms with van der Waals surface area (Å²) in [4.78, 5) is 35.2. The van der Waals surface area contributed by atoms with E-state index in [0.717, 1.165) is 26.9 Å². The standard InChI is InChI=1S/C27H28ClFN4O3S/c1-5-22(34)33-15(2)11-31(12-16(33)3)26-20-10-21(28)23(17-6-8-18(29)9-7-17)25-24(20)32(27(35)30-26)13-19(36-4)14-37-25/h5-10,15-16,19H,1,11-14H2,2-4H3/t15-,16+,19-/m0/s1. The second-order valence-corrected chi connectivity index (χ2v) is 11.0. The van der Waals surface area contributed by atoms with E-state index in [4.69, 9.17) is 16.3 Å². The molecule has 0 spiro atoms. The number of hydrogen-bond donors (Lipinski definition) is 0. The van der Waals surface area contributed by atoms with Crippen LogP contribution in [0.2, 0.25) is 5.02 Å². The van der Waals surface area contributed by atoms with Crippen molar-refractivity contribution in [1.82, 2.24) is 14.5 Å². The molecule has 2 aliphatic heterocycles. The topological polar surface area (TPSA) is 67.7 Å². The maximum absolute atomic E-state index is 13.7. The van der Waals surface area contributed by atoms with Crippen LogP contribution in [-0.2, 0) is 16.1 Å².